The molecule has 138 valence electrons. The largest absolute Gasteiger partial charge is 0.340 e. The Kier molecular flexibility index (Phi) is 6.17. The Morgan fingerprint density at radius 1 is 1.08 bits per heavy atom. The fourth-order valence-electron chi connectivity index (χ4n) is 4.58. The van der Waals surface area contributed by atoms with Gasteiger partial charge in [0.05, 0.1) is 0 Å². The lowest BCUT2D eigenvalue weighted by Crippen LogP contribution is -2.49. The van der Waals surface area contributed by atoms with Gasteiger partial charge in [0.15, 0.2) is 0 Å². The maximum absolute atomic E-state index is 12.6. The lowest BCUT2D eigenvalue weighted by molar-refractivity contribution is -0.134. The molecule has 5 heteroatoms. The summed E-state index contributed by atoms with van der Waals surface area (Å²) in [6.45, 7) is 15.6. The molecule has 3 aliphatic heterocycles. The molecular formula is C19H36N4O. The van der Waals surface area contributed by atoms with Crippen molar-refractivity contribution < 1.29 is 4.79 Å². The molecule has 0 bridgehead atoms. The van der Waals surface area contributed by atoms with Crippen molar-refractivity contribution in [3.63, 3.8) is 0 Å². The monoisotopic (exact) mass is 336 g/mol. The van der Waals surface area contributed by atoms with E-state index in [2.05, 4.69) is 33.9 Å². The molecule has 0 spiro atoms. The number of amides is 1. The molecule has 3 fully saturated rings. The van der Waals surface area contributed by atoms with Crippen LogP contribution in [-0.2, 0) is 4.79 Å². The third-order valence-corrected chi connectivity index (χ3v) is 6.41. The van der Waals surface area contributed by atoms with Crippen LogP contribution in [0.4, 0.5) is 0 Å². The average Bonchev–Trinajstić information content (AvgIpc) is 3.03. The molecular weight excluding hydrogens is 300 g/mol. The second-order valence-corrected chi connectivity index (χ2v) is 8.48. The Hall–Kier alpha value is -0.650. The van der Waals surface area contributed by atoms with E-state index in [-0.39, 0.29) is 0 Å². The zero-order chi connectivity index (χ0) is 17.0. The van der Waals surface area contributed by atoms with Crippen LogP contribution in [0, 0.1) is 11.3 Å². The maximum atomic E-state index is 12.6. The lowest BCUT2D eigenvalue weighted by Gasteiger charge is -2.38. The first-order valence-corrected chi connectivity index (χ1v) is 10.0. The van der Waals surface area contributed by atoms with Crippen LogP contribution in [0.1, 0.15) is 39.5 Å². The molecule has 1 unspecified atom stereocenters. The summed E-state index contributed by atoms with van der Waals surface area (Å²) in [5, 5.41) is 3.50. The van der Waals surface area contributed by atoms with Crippen LogP contribution in [0.5, 0.6) is 0 Å². The molecule has 1 N–H and O–H groups in total. The number of likely N-dealkylation sites (N-methyl/N-ethyl adjacent to an activating group) is 1. The summed E-state index contributed by atoms with van der Waals surface area (Å²) in [5.41, 5.74) is 0.460. The second-order valence-electron chi connectivity index (χ2n) is 8.48. The van der Waals surface area contributed by atoms with Gasteiger partial charge in [-0.3, -0.25) is 4.79 Å². The van der Waals surface area contributed by atoms with E-state index in [4.69, 9.17) is 0 Å². The molecule has 1 atom stereocenters. The summed E-state index contributed by atoms with van der Waals surface area (Å²) in [4.78, 5) is 19.7. The molecule has 0 radical (unpaired) electrons. The molecule has 0 aliphatic carbocycles. The highest BCUT2D eigenvalue weighted by molar-refractivity contribution is 5.76. The smallest absolute Gasteiger partial charge is 0.222 e. The molecule has 3 rings (SSSR count). The van der Waals surface area contributed by atoms with Crippen molar-refractivity contribution in [3.8, 4) is 0 Å². The van der Waals surface area contributed by atoms with Gasteiger partial charge in [-0.15, -0.1) is 0 Å². The predicted molar refractivity (Wildman–Crippen MR) is 98.1 cm³/mol. The molecule has 0 aromatic carbocycles. The molecule has 3 aliphatic rings. The molecule has 0 aromatic rings. The molecule has 24 heavy (non-hydrogen) atoms. The highest BCUT2D eigenvalue weighted by atomic mass is 16.2. The normalized spacial score (nSPS) is 30.8. The molecule has 5 nitrogen and oxygen atoms in total. The van der Waals surface area contributed by atoms with Crippen molar-refractivity contribution in [1.29, 1.82) is 0 Å². The number of piperidine rings is 1. The van der Waals surface area contributed by atoms with E-state index in [9.17, 15) is 4.79 Å². The van der Waals surface area contributed by atoms with Crippen LogP contribution in [0.25, 0.3) is 0 Å². The Bertz CT molecular complexity index is 406. The van der Waals surface area contributed by atoms with E-state index < -0.39 is 0 Å². The van der Waals surface area contributed by atoms with Crippen molar-refractivity contribution in [1.82, 2.24) is 20.0 Å². The van der Waals surface area contributed by atoms with Crippen LogP contribution in [0.2, 0.25) is 0 Å². The van der Waals surface area contributed by atoms with Crippen LogP contribution < -0.4 is 5.32 Å². The zero-order valence-electron chi connectivity index (χ0n) is 15.7. The third-order valence-electron chi connectivity index (χ3n) is 6.41. The van der Waals surface area contributed by atoms with Gasteiger partial charge in [0.2, 0.25) is 5.91 Å². The molecule has 3 heterocycles. The van der Waals surface area contributed by atoms with Crippen molar-refractivity contribution >= 4 is 5.91 Å². The highest BCUT2D eigenvalue weighted by Crippen LogP contribution is 2.29. The van der Waals surface area contributed by atoms with E-state index in [1.807, 2.05) is 0 Å². The topological polar surface area (TPSA) is 38.8 Å². The Morgan fingerprint density at radius 2 is 1.79 bits per heavy atom. The first-order chi connectivity index (χ1) is 11.6. The molecule has 1 amide bonds. The number of hydrogen-bond acceptors (Lipinski definition) is 4. The number of nitrogens with one attached hydrogen (secondary N) is 1. The minimum atomic E-state index is 0.399. The van der Waals surface area contributed by atoms with E-state index in [0.29, 0.717) is 17.2 Å². The van der Waals surface area contributed by atoms with Gasteiger partial charge in [0, 0.05) is 45.7 Å². The Balaban J connectivity index is 1.37. The van der Waals surface area contributed by atoms with Gasteiger partial charge in [-0.1, -0.05) is 13.8 Å². The van der Waals surface area contributed by atoms with Gasteiger partial charge in [-0.2, -0.15) is 0 Å². The summed E-state index contributed by atoms with van der Waals surface area (Å²) < 4.78 is 0. The van der Waals surface area contributed by atoms with Crippen LogP contribution in [0.3, 0.4) is 0 Å². The van der Waals surface area contributed by atoms with E-state index in [1.54, 1.807) is 0 Å². The van der Waals surface area contributed by atoms with Crippen LogP contribution >= 0.6 is 0 Å². The predicted octanol–water partition coefficient (Wildman–Crippen LogP) is 1.25. The van der Waals surface area contributed by atoms with Crippen LogP contribution in [-0.4, -0.2) is 86.1 Å². The van der Waals surface area contributed by atoms with Crippen molar-refractivity contribution in [2.24, 2.45) is 11.3 Å². The number of piperazine rings is 1. The van der Waals surface area contributed by atoms with Crippen molar-refractivity contribution in [3.05, 3.63) is 0 Å². The first kappa shape index (κ1) is 18.2. The molecule has 0 saturated carbocycles. The van der Waals surface area contributed by atoms with Gasteiger partial charge < -0.3 is 20.0 Å². The van der Waals surface area contributed by atoms with Gasteiger partial charge in [-0.25, -0.2) is 0 Å². The van der Waals surface area contributed by atoms with Gasteiger partial charge in [0.1, 0.15) is 0 Å². The molecule has 3 saturated heterocycles. The Morgan fingerprint density at radius 3 is 2.38 bits per heavy atom. The van der Waals surface area contributed by atoms with Crippen molar-refractivity contribution in [2.75, 3.05) is 65.4 Å². The van der Waals surface area contributed by atoms with E-state index in [1.165, 1.54) is 45.4 Å². The summed E-state index contributed by atoms with van der Waals surface area (Å²) in [5.74, 6) is 1.00. The fourth-order valence-corrected chi connectivity index (χ4v) is 4.58. The number of carbonyl (C=O) groups is 1. The molecule has 0 aromatic heterocycles. The average molecular weight is 337 g/mol. The second kappa shape index (κ2) is 8.15. The number of carbonyl (C=O) groups excluding carboxylic acids is 1. The standard InChI is InChI=1S/C19H36N4O/c1-3-21-10-12-23(13-11-21)18(24)14-17-4-8-22(9-5-17)16-19(2)6-7-20-15-19/h17,20H,3-16H2,1-2H3. The highest BCUT2D eigenvalue weighted by Gasteiger charge is 2.32. The SMILES string of the molecule is CCN1CCN(C(=O)CC2CCN(CC3(C)CCNC3)CC2)CC1. The number of nitrogens with zero attached hydrogens (tertiary/aromatic N) is 3. The maximum Gasteiger partial charge on any atom is 0.222 e. The quantitative estimate of drug-likeness (QED) is 0.820. The first-order valence-electron chi connectivity index (χ1n) is 10.0. The lowest BCUT2D eigenvalue weighted by atomic mass is 9.87. The third kappa shape index (κ3) is 4.70. The van der Waals surface area contributed by atoms with E-state index in [0.717, 1.165) is 45.7 Å². The zero-order valence-corrected chi connectivity index (χ0v) is 15.7. The number of rotatable bonds is 5. The summed E-state index contributed by atoms with van der Waals surface area (Å²) in [6.07, 6.45) is 4.47. The summed E-state index contributed by atoms with van der Waals surface area (Å²) >= 11 is 0. The fraction of sp³-hybridized carbons (Fsp3) is 0.947. The van der Waals surface area contributed by atoms with Gasteiger partial charge in [-0.05, 0) is 56.8 Å². The summed E-state index contributed by atoms with van der Waals surface area (Å²) in [6, 6.07) is 0. The minimum absolute atomic E-state index is 0.399. The summed E-state index contributed by atoms with van der Waals surface area (Å²) in [7, 11) is 0. The Labute approximate surface area is 147 Å². The number of hydrogen-bond donors (Lipinski definition) is 1. The van der Waals surface area contributed by atoms with Crippen LogP contribution in [0.15, 0.2) is 0 Å². The van der Waals surface area contributed by atoms with Crippen molar-refractivity contribution in [2.45, 2.75) is 39.5 Å². The number of likely N-dealkylation sites (tertiary alicyclic amines) is 1. The van der Waals surface area contributed by atoms with Gasteiger partial charge >= 0.3 is 0 Å². The van der Waals surface area contributed by atoms with E-state index >= 15 is 0 Å². The minimum Gasteiger partial charge on any atom is -0.340 e. The van der Waals surface area contributed by atoms with Gasteiger partial charge in [0.25, 0.3) is 0 Å².